The van der Waals surface area contributed by atoms with Crippen LogP contribution in [0, 0.1) is 5.92 Å². The number of hydrogen-bond donors (Lipinski definition) is 2. The summed E-state index contributed by atoms with van der Waals surface area (Å²) < 4.78 is 0. The second kappa shape index (κ2) is 8.00. The zero-order chi connectivity index (χ0) is 14.3. The summed E-state index contributed by atoms with van der Waals surface area (Å²) in [5.41, 5.74) is 3.39. The lowest BCUT2D eigenvalue weighted by atomic mass is 9.93. The molecule has 1 rings (SSSR count). The fourth-order valence-electron chi connectivity index (χ4n) is 2.30. The lowest BCUT2D eigenvalue weighted by molar-refractivity contribution is 0.146. The summed E-state index contributed by atoms with van der Waals surface area (Å²) in [6.45, 7) is 6.47. The Labute approximate surface area is 117 Å². The van der Waals surface area contributed by atoms with E-state index < -0.39 is 0 Å². The number of benzene rings is 1. The Bertz CT molecular complexity index is 407. The second-order valence-corrected chi connectivity index (χ2v) is 5.55. The molecule has 106 valence electrons. The van der Waals surface area contributed by atoms with Crippen LogP contribution in [-0.4, -0.2) is 12.2 Å². The molecule has 0 fully saturated rings. The highest BCUT2D eigenvalue weighted by molar-refractivity contribution is 5.51. The minimum atomic E-state index is -0.384. The van der Waals surface area contributed by atoms with E-state index in [1.165, 1.54) is 5.57 Å². The first-order chi connectivity index (χ1) is 9.04. The van der Waals surface area contributed by atoms with Gasteiger partial charge in [0.1, 0.15) is 0 Å². The molecule has 1 aromatic rings. The zero-order valence-electron chi connectivity index (χ0n) is 12.6. The first-order valence-electron chi connectivity index (χ1n) is 7.12. The van der Waals surface area contributed by atoms with Gasteiger partial charge in [-0.15, -0.1) is 0 Å². The van der Waals surface area contributed by atoms with Crippen molar-refractivity contribution in [3.8, 4) is 0 Å². The van der Waals surface area contributed by atoms with Gasteiger partial charge in [0.15, 0.2) is 0 Å². The molecule has 1 aromatic carbocycles. The Balaban J connectivity index is 2.54. The smallest absolute Gasteiger partial charge is 0.0812 e. The summed E-state index contributed by atoms with van der Waals surface area (Å²) in [6, 6.07) is 7.97. The largest absolute Gasteiger partial charge is 0.388 e. The second-order valence-electron chi connectivity index (χ2n) is 5.55. The van der Waals surface area contributed by atoms with Crippen LogP contribution in [-0.2, 0) is 0 Å². The lowest BCUT2D eigenvalue weighted by Crippen LogP contribution is -2.07. The van der Waals surface area contributed by atoms with E-state index >= 15 is 0 Å². The number of aliphatic hydroxyl groups is 1. The van der Waals surface area contributed by atoms with E-state index in [0.717, 1.165) is 30.5 Å². The minimum Gasteiger partial charge on any atom is -0.388 e. The van der Waals surface area contributed by atoms with Crippen molar-refractivity contribution in [2.24, 2.45) is 5.92 Å². The van der Waals surface area contributed by atoms with E-state index in [0.29, 0.717) is 5.92 Å². The van der Waals surface area contributed by atoms with Crippen molar-refractivity contribution < 1.29 is 5.11 Å². The molecule has 0 radical (unpaired) electrons. The molecule has 0 heterocycles. The summed E-state index contributed by atoms with van der Waals surface area (Å²) >= 11 is 0. The third kappa shape index (κ3) is 5.48. The van der Waals surface area contributed by atoms with Crippen molar-refractivity contribution in [1.82, 2.24) is 0 Å². The number of nitrogens with one attached hydrogen (secondary N) is 1. The maximum absolute atomic E-state index is 10.4. The molecule has 0 spiro atoms. The van der Waals surface area contributed by atoms with Crippen LogP contribution in [0.1, 0.15) is 51.7 Å². The number of para-hydroxylation sites is 1. The van der Waals surface area contributed by atoms with Gasteiger partial charge in [-0.3, -0.25) is 0 Å². The number of rotatable bonds is 7. The highest BCUT2D eigenvalue weighted by Gasteiger charge is 2.14. The molecule has 2 nitrogen and oxygen atoms in total. The van der Waals surface area contributed by atoms with Gasteiger partial charge >= 0.3 is 0 Å². The van der Waals surface area contributed by atoms with Gasteiger partial charge in [-0.05, 0) is 45.1 Å². The predicted octanol–water partition coefficient (Wildman–Crippen LogP) is 4.53. The van der Waals surface area contributed by atoms with Gasteiger partial charge in [-0.25, -0.2) is 0 Å². The van der Waals surface area contributed by atoms with Crippen LogP contribution in [0.2, 0.25) is 0 Å². The van der Waals surface area contributed by atoms with Crippen molar-refractivity contribution in [3.05, 3.63) is 41.5 Å². The van der Waals surface area contributed by atoms with Crippen LogP contribution in [0.25, 0.3) is 0 Å². The first kappa shape index (κ1) is 15.8. The fourth-order valence-corrected chi connectivity index (χ4v) is 2.30. The highest BCUT2D eigenvalue weighted by atomic mass is 16.3. The van der Waals surface area contributed by atoms with Crippen LogP contribution < -0.4 is 5.32 Å². The summed E-state index contributed by atoms with van der Waals surface area (Å²) in [6.07, 6.45) is 4.93. The Morgan fingerprint density at radius 2 is 2.00 bits per heavy atom. The molecular weight excluding hydrogens is 234 g/mol. The standard InChI is InChI=1S/C17H27NO/c1-13(2)8-7-9-14(3)12-17(19)15-10-5-6-11-16(15)18-4/h5-6,8,10-11,14,17-19H,7,9,12H2,1-4H3/t14-,17?/m1/s1. The van der Waals surface area contributed by atoms with Crippen LogP contribution in [0.3, 0.4) is 0 Å². The maximum atomic E-state index is 10.4. The molecule has 0 saturated heterocycles. The molecule has 0 bridgehead atoms. The molecule has 0 saturated carbocycles. The van der Waals surface area contributed by atoms with Gasteiger partial charge in [0.25, 0.3) is 0 Å². The molecule has 0 aliphatic rings. The summed E-state index contributed by atoms with van der Waals surface area (Å²) in [5, 5.41) is 13.5. The van der Waals surface area contributed by atoms with Gasteiger partial charge in [0.05, 0.1) is 6.10 Å². The SMILES string of the molecule is CNc1ccccc1C(O)C[C@H](C)CCC=C(C)C. The van der Waals surface area contributed by atoms with Gasteiger partial charge in [0, 0.05) is 18.3 Å². The fraction of sp³-hybridized carbons (Fsp3) is 0.529. The van der Waals surface area contributed by atoms with Crippen LogP contribution in [0.4, 0.5) is 5.69 Å². The van der Waals surface area contributed by atoms with Crippen molar-refractivity contribution in [1.29, 1.82) is 0 Å². The van der Waals surface area contributed by atoms with E-state index in [-0.39, 0.29) is 6.10 Å². The predicted molar refractivity (Wildman–Crippen MR) is 83.4 cm³/mol. The van der Waals surface area contributed by atoms with Crippen molar-refractivity contribution >= 4 is 5.69 Å². The van der Waals surface area contributed by atoms with E-state index in [4.69, 9.17) is 0 Å². The van der Waals surface area contributed by atoms with Gasteiger partial charge < -0.3 is 10.4 Å². The molecular formula is C17H27NO. The monoisotopic (exact) mass is 261 g/mol. The van der Waals surface area contributed by atoms with Gasteiger partial charge in [-0.2, -0.15) is 0 Å². The van der Waals surface area contributed by atoms with Crippen molar-refractivity contribution in [2.45, 2.75) is 46.1 Å². The average molecular weight is 261 g/mol. The quantitative estimate of drug-likeness (QED) is 0.707. The molecule has 19 heavy (non-hydrogen) atoms. The molecule has 0 aromatic heterocycles. The molecule has 0 aliphatic carbocycles. The molecule has 2 atom stereocenters. The van der Waals surface area contributed by atoms with E-state index in [2.05, 4.69) is 32.2 Å². The van der Waals surface area contributed by atoms with Crippen LogP contribution in [0.15, 0.2) is 35.9 Å². The topological polar surface area (TPSA) is 32.3 Å². The number of aliphatic hydroxyl groups excluding tert-OH is 1. The highest BCUT2D eigenvalue weighted by Crippen LogP contribution is 2.28. The summed E-state index contributed by atoms with van der Waals surface area (Å²) in [7, 11) is 1.89. The zero-order valence-corrected chi connectivity index (χ0v) is 12.6. The number of hydrogen-bond acceptors (Lipinski definition) is 2. The van der Waals surface area contributed by atoms with Gasteiger partial charge in [0.2, 0.25) is 0 Å². The molecule has 2 N–H and O–H groups in total. The van der Waals surface area contributed by atoms with E-state index in [1.54, 1.807) is 0 Å². The summed E-state index contributed by atoms with van der Waals surface area (Å²) in [5.74, 6) is 0.524. The Morgan fingerprint density at radius 3 is 2.63 bits per heavy atom. The van der Waals surface area contributed by atoms with Crippen molar-refractivity contribution in [3.63, 3.8) is 0 Å². The van der Waals surface area contributed by atoms with E-state index in [1.807, 2.05) is 31.3 Å². The third-order valence-electron chi connectivity index (χ3n) is 3.43. The average Bonchev–Trinajstić information content (AvgIpc) is 2.38. The molecule has 2 heteroatoms. The van der Waals surface area contributed by atoms with Gasteiger partial charge in [-0.1, -0.05) is 36.8 Å². The maximum Gasteiger partial charge on any atom is 0.0812 e. The minimum absolute atomic E-state index is 0.384. The Kier molecular flexibility index (Phi) is 6.65. The van der Waals surface area contributed by atoms with Crippen molar-refractivity contribution in [2.75, 3.05) is 12.4 Å². The summed E-state index contributed by atoms with van der Waals surface area (Å²) in [4.78, 5) is 0. The number of anilines is 1. The van der Waals surface area contributed by atoms with Crippen LogP contribution >= 0.6 is 0 Å². The first-order valence-corrected chi connectivity index (χ1v) is 7.12. The van der Waals surface area contributed by atoms with E-state index in [9.17, 15) is 5.11 Å². The normalized spacial score (nSPS) is 13.7. The molecule has 0 amide bonds. The molecule has 0 aliphatic heterocycles. The number of allylic oxidation sites excluding steroid dienone is 2. The molecule has 1 unspecified atom stereocenters. The van der Waals surface area contributed by atoms with Crippen LogP contribution in [0.5, 0.6) is 0 Å². The lowest BCUT2D eigenvalue weighted by Gasteiger charge is -2.19. The third-order valence-corrected chi connectivity index (χ3v) is 3.43. The Morgan fingerprint density at radius 1 is 1.32 bits per heavy atom. The Hall–Kier alpha value is -1.28.